The van der Waals surface area contributed by atoms with E-state index < -0.39 is 10.0 Å². The van der Waals surface area contributed by atoms with E-state index in [0.717, 1.165) is 16.5 Å². The van der Waals surface area contributed by atoms with Gasteiger partial charge in [-0.2, -0.15) is 0 Å². The van der Waals surface area contributed by atoms with Crippen LogP contribution in [-0.4, -0.2) is 26.6 Å². The second-order valence-electron chi connectivity index (χ2n) is 6.89. The van der Waals surface area contributed by atoms with Gasteiger partial charge in [0.05, 0.1) is 18.5 Å². The molecule has 1 aromatic heterocycles. The van der Waals surface area contributed by atoms with Crippen molar-refractivity contribution in [3.8, 4) is 0 Å². The molecule has 0 saturated heterocycles. The largest absolute Gasteiger partial charge is 0.459 e. The van der Waals surface area contributed by atoms with Crippen LogP contribution in [0.5, 0.6) is 0 Å². The van der Waals surface area contributed by atoms with Crippen LogP contribution in [0, 0.1) is 0 Å². The smallest absolute Gasteiger partial charge is 0.251 e. The summed E-state index contributed by atoms with van der Waals surface area (Å²) in [6, 6.07) is 14.6. The van der Waals surface area contributed by atoms with Crippen LogP contribution in [0.3, 0.4) is 0 Å². The van der Waals surface area contributed by atoms with E-state index in [-0.39, 0.29) is 18.5 Å². The average Bonchev–Trinajstić information content (AvgIpc) is 3.17. The zero-order valence-corrected chi connectivity index (χ0v) is 15.9. The number of sulfonamides is 1. The van der Waals surface area contributed by atoms with Crippen LogP contribution in [0.1, 0.15) is 28.6 Å². The van der Waals surface area contributed by atoms with Crippen LogP contribution in [0.2, 0.25) is 0 Å². The number of benzene rings is 2. The van der Waals surface area contributed by atoms with Crippen LogP contribution in [0.4, 0.5) is 5.69 Å². The maximum absolute atomic E-state index is 12.5. The molecular formula is C20H20N2O4S. The van der Waals surface area contributed by atoms with Gasteiger partial charge in [0, 0.05) is 17.0 Å². The highest BCUT2D eigenvalue weighted by molar-refractivity contribution is 7.92. The molecule has 0 radical (unpaired) electrons. The summed E-state index contributed by atoms with van der Waals surface area (Å²) >= 11 is 0. The van der Waals surface area contributed by atoms with Crippen molar-refractivity contribution in [1.82, 2.24) is 5.32 Å². The first-order valence-corrected chi connectivity index (χ1v) is 10.6. The first-order chi connectivity index (χ1) is 12.8. The van der Waals surface area contributed by atoms with Gasteiger partial charge in [-0.3, -0.25) is 9.10 Å². The number of hydrogen-bond donors (Lipinski definition) is 1. The van der Waals surface area contributed by atoms with Crippen molar-refractivity contribution < 1.29 is 17.6 Å². The number of nitrogens with zero attached hydrogens (tertiary/aromatic N) is 1. The monoisotopic (exact) mass is 384 g/mol. The fraction of sp³-hybridized carbons (Fsp3) is 0.250. The Morgan fingerprint density at radius 2 is 2.00 bits per heavy atom. The van der Waals surface area contributed by atoms with Crippen molar-refractivity contribution in [2.24, 2.45) is 0 Å². The van der Waals surface area contributed by atoms with Gasteiger partial charge in [-0.1, -0.05) is 18.2 Å². The predicted octanol–water partition coefficient (Wildman–Crippen LogP) is 3.07. The van der Waals surface area contributed by atoms with Gasteiger partial charge >= 0.3 is 0 Å². The number of furan rings is 1. The summed E-state index contributed by atoms with van der Waals surface area (Å²) in [5.74, 6) is 0.464. The fourth-order valence-electron chi connectivity index (χ4n) is 3.64. The summed E-state index contributed by atoms with van der Waals surface area (Å²) in [5, 5.41) is 3.85. The fourth-order valence-corrected chi connectivity index (χ4v) is 4.91. The number of carbonyl (C=O) groups is 1. The van der Waals surface area contributed by atoms with Gasteiger partial charge in [0.2, 0.25) is 10.0 Å². The van der Waals surface area contributed by atoms with Gasteiger partial charge in [0.15, 0.2) is 0 Å². The zero-order chi connectivity index (χ0) is 19.2. The van der Waals surface area contributed by atoms with Crippen LogP contribution in [0.15, 0.2) is 52.9 Å². The Kier molecular flexibility index (Phi) is 4.19. The Balaban J connectivity index is 1.51. The van der Waals surface area contributed by atoms with E-state index in [4.69, 9.17) is 4.42 Å². The molecule has 0 aliphatic carbocycles. The molecule has 140 valence electrons. The lowest BCUT2D eigenvalue weighted by Crippen LogP contribution is -2.34. The standard InChI is InChI=1S/C20H20N2O4S/c1-13-9-16-10-15(7-8-18(16)22(13)27(2,24)25)20(23)21-12-17-11-14-5-3-4-6-19(14)26-17/h3-8,10-11,13H,9,12H2,1-2H3,(H,21,23)/t13-/m1/s1. The van der Waals surface area contributed by atoms with E-state index in [1.54, 1.807) is 18.2 Å². The normalized spacial score (nSPS) is 16.5. The molecule has 1 atom stereocenters. The number of carbonyl (C=O) groups excluding carboxylic acids is 1. The van der Waals surface area contributed by atoms with Gasteiger partial charge in [-0.05, 0) is 49.2 Å². The van der Waals surface area contributed by atoms with Gasteiger partial charge in [0.1, 0.15) is 11.3 Å². The number of amides is 1. The number of rotatable bonds is 4. The molecule has 0 bridgehead atoms. The molecule has 1 aliphatic heterocycles. The average molecular weight is 384 g/mol. The van der Waals surface area contributed by atoms with Gasteiger partial charge in [-0.25, -0.2) is 8.42 Å². The lowest BCUT2D eigenvalue weighted by atomic mass is 10.1. The lowest BCUT2D eigenvalue weighted by molar-refractivity contribution is 0.0948. The SMILES string of the molecule is C[C@@H]1Cc2cc(C(=O)NCc3cc4ccccc4o3)ccc2N1S(C)(=O)=O. The second-order valence-corrected chi connectivity index (χ2v) is 8.75. The molecule has 2 heterocycles. The highest BCUT2D eigenvalue weighted by Crippen LogP contribution is 2.34. The Labute approximate surface area is 157 Å². The molecule has 0 fully saturated rings. The first kappa shape index (κ1) is 17.6. The van der Waals surface area contributed by atoms with E-state index in [1.165, 1.54) is 10.6 Å². The minimum absolute atomic E-state index is 0.149. The second kappa shape index (κ2) is 6.42. The van der Waals surface area contributed by atoms with Crippen molar-refractivity contribution in [3.63, 3.8) is 0 Å². The van der Waals surface area contributed by atoms with Crippen molar-refractivity contribution in [2.45, 2.75) is 25.9 Å². The molecule has 4 rings (SSSR count). The van der Waals surface area contributed by atoms with Gasteiger partial charge in [0.25, 0.3) is 5.91 Å². The van der Waals surface area contributed by atoms with E-state index in [2.05, 4.69) is 5.32 Å². The molecule has 7 heteroatoms. The Hall–Kier alpha value is -2.80. The van der Waals surface area contributed by atoms with Gasteiger partial charge < -0.3 is 9.73 Å². The Bertz CT molecular complexity index is 1100. The molecule has 0 saturated carbocycles. The van der Waals surface area contributed by atoms with Crippen LogP contribution in [0.25, 0.3) is 11.0 Å². The molecule has 1 amide bonds. The maximum Gasteiger partial charge on any atom is 0.251 e. The van der Waals surface area contributed by atoms with E-state index in [1.807, 2.05) is 37.3 Å². The Morgan fingerprint density at radius 3 is 2.74 bits per heavy atom. The predicted molar refractivity (Wildman–Crippen MR) is 104 cm³/mol. The molecule has 27 heavy (non-hydrogen) atoms. The van der Waals surface area contributed by atoms with E-state index in [0.29, 0.717) is 23.4 Å². The van der Waals surface area contributed by atoms with Crippen LogP contribution < -0.4 is 9.62 Å². The summed E-state index contributed by atoms with van der Waals surface area (Å²) in [7, 11) is -3.34. The summed E-state index contributed by atoms with van der Waals surface area (Å²) in [6.45, 7) is 2.15. The highest BCUT2D eigenvalue weighted by atomic mass is 32.2. The molecule has 1 aliphatic rings. The number of fused-ring (bicyclic) bond motifs is 2. The summed E-state index contributed by atoms with van der Waals surface area (Å²) in [5.41, 5.74) is 2.81. The van der Waals surface area contributed by atoms with Crippen LogP contribution in [-0.2, 0) is 23.0 Å². The third-order valence-electron chi connectivity index (χ3n) is 4.75. The lowest BCUT2D eigenvalue weighted by Gasteiger charge is -2.21. The minimum Gasteiger partial charge on any atom is -0.459 e. The van der Waals surface area contributed by atoms with Gasteiger partial charge in [-0.15, -0.1) is 0 Å². The first-order valence-electron chi connectivity index (χ1n) is 8.71. The quantitative estimate of drug-likeness (QED) is 0.750. The van der Waals surface area contributed by atoms with E-state index >= 15 is 0 Å². The van der Waals surface area contributed by atoms with Crippen molar-refractivity contribution in [3.05, 3.63) is 65.4 Å². The minimum atomic E-state index is -3.34. The summed E-state index contributed by atoms with van der Waals surface area (Å²) in [4.78, 5) is 12.5. The number of anilines is 1. The molecule has 0 spiro atoms. The zero-order valence-electron chi connectivity index (χ0n) is 15.1. The topological polar surface area (TPSA) is 79.6 Å². The van der Waals surface area contributed by atoms with Crippen molar-refractivity contribution in [1.29, 1.82) is 0 Å². The maximum atomic E-state index is 12.5. The number of hydrogen-bond acceptors (Lipinski definition) is 4. The van der Waals surface area contributed by atoms with E-state index in [9.17, 15) is 13.2 Å². The molecule has 3 aromatic rings. The van der Waals surface area contributed by atoms with Crippen molar-refractivity contribution >= 4 is 32.6 Å². The molecule has 2 aromatic carbocycles. The molecular weight excluding hydrogens is 364 g/mol. The summed E-state index contributed by atoms with van der Waals surface area (Å²) in [6.07, 6.45) is 1.79. The molecule has 0 unspecified atom stereocenters. The number of nitrogens with one attached hydrogen (secondary N) is 1. The third kappa shape index (κ3) is 3.30. The Morgan fingerprint density at radius 1 is 1.22 bits per heavy atom. The summed E-state index contributed by atoms with van der Waals surface area (Å²) < 4.78 is 31.1. The third-order valence-corrected chi connectivity index (χ3v) is 6.02. The number of para-hydroxylation sites is 1. The molecule has 6 nitrogen and oxygen atoms in total. The van der Waals surface area contributed by atoms with Crippen LogP contribution >= 0.6 is 0 Å². The van der Waals surface area contributed by atoms with Crippen molar-refractivity contribution in [2.75, 3.05) is 10.6 Å². The highest BCUT2D eigenvalue weighted by Gasteiger charge is 2.32. The molecule has 1 N–H and O–H groups in total.